The molecule has 0 aliphatic carbocycles. The molecule has 0 radical (unpaired) electrons. The number of hydrogen-bond acceptors (Lipinski definition) is 4. The molecule has 3 rings (SSSR count). The van der Waals surface area contributed by atoms with Gasteiger partial charge in [-0.05, 0) is 31.9 Å². The number of hydrazine groups is 1. The van der Waals surface area contributed by atoms with Gasteiger partial charge < -0.3 is 15.1 Å². The number of aryl methyl sites for hydroxylation is 1. The van der Waals surface area contributed by atoms with Gasteiger partial charge in [0, 0.05) is 13.1 Å². The number of ether oxygens (including phenoxy) is 1. The lowest BCUT2D eigenvalue weighted by Crippen LogP contribution is -2.46. The zero-order valence-corrected chi connectivity index (χ0v) is 11.1. The highest BCUT2D eigenvalue weighted by molar-refractivity contribution is 5.99. The Morgan fingerprint density at radius 2 is 2.05 bits per heavy atom. The molecule has 2 unspecified atom stereocenters. The van der Waals surface area contributed by atoms with Crippen LogP contribution in [0, 0.1) is 6.92 Å². The maximum atomic E-state index is 12.6. The summed E-state index contributed by atoms with van der Waals surface area (Å²) in [7, 11) is 0. The SMILES string of the molecule is Cc1ccc(NN)c(C(=O)N2CC3CCC(C2)O3)c1. The smallest absolute Gasteiger partial charge is 0.256 e. The summed E-state index contributed by atoms with van der Waals surface area (Å²) in [4.78, 5) is 14.5. The number of nitrogen functional groups attached to an aromatic ring is 1. The summed E-state index contributed by atoms with van der Waals surface area (Å²) >= 11 is 0. The van der Waals surface area contributed by atoms with E-state index >= 15 is 0 Å². The van der Waals surface area contributed by atoms with Crippen molar-refractivity contribution in [3.8, 4) is 0 Å². The Hall–Kier alpha value is -1.59. The van der Waals surface area contributed by atoms with Crippen molar-refractivity contribution >= 4 is 11.6 Å². The first-order valence-corrected chi connectivity index (χ1v) is 6.69. The molecule has 5 nitrogen and oxygen atoms in total. The van der Waals surface area contributed by atoms with Crippen molar-refractivity contribution in [1.29, 1.82) is 0 Å². The lowest BCUT2D eigenvalue weighted by Gasteiger charge is -2.32. The van der Waals surface area contributed by atoms with Crippen molar-refractivity contribution < 1.29 is 9.53 Å². The first-order chi connectivity index (χ1) is 9.17. The van der Waals surface area contributed by atoms with Gasteiger partial charge in [0.25, 0.3) is 5.91 Å². The summed E-state index contributed by atoms with van der Waals surface area (Å²) in [5.41, 5.74) is 4.97. The van der Waals surface area contributed by atoms with Gasteiger partial charge in [-0.25, -0.2) is 0 Å². The fourth-order valence-corrected chi connectivity index (χ4v) is 2.91. The van der Waals surface area contributed by atoms with Crippen LogP contribution in [0.25, 0.3) is 0 Å². The summed E-state index contributed by atoms with van der Waals surface area (Å²) in [6, 6.07) is 5.67. The van der Waals surface area contributed by atoms with Crippen LogP contribution in [-0.4, -0.2) is 36.1 Å². The van der Waals surface area contributed by atoms with Crippen molar-refractivity contribution in [3.05, 3.63) is 29.3 Å². The van der Waals surface area contributed by atoms with Gasteiger partial charge in [0.1, 0.15) is 0 Å². The van der Waals surface area contributed by atoms with Crippen LogP contribution >= 0.6 is 0 Å². The summed E-state index contributed by atoms with van der Waals surface area (Å²) in [6.07, 6.45) is 2.54. The number of nitrogens with two attached hydrogens (primary N) is 1. The molecule has 1 amide bonds. The van der Waals surface area contributed by atoms with Crippen LogP contribution < -0.4 is 11.3 Å². The molecule has 102 valence electrons. The fraction of sp³-hybridized carbons (Fsp3) is 0.500. The van der Waals surface area contributed by atoms with Crippen molar-refractivity contribution in [1.82, 2.24) is 4.90 Å². The molecular formula is C14H19N3O2. The Morgan fingerprint density at radius 3 is 2.68 bits per heavy atom. The average Bonchev–Trinajstić information content (AvgIpc) is 2.76. The highest BCUT2D eigenvalue weighted by Gasteiger charge is 2.36. The molecule has 5 heteroatoms. The highest BCUT2D eigenvalue weighted by atomic mass is 16.5. The molecule has 1 aromatic rings. The van der Waals surface area contributed by atoms with Gasteiger partial charge in [-0.2, -0.15) is 0 Å². The summed E-state index contributed by atoms with van der Waals surface area (Å²) in [6.45, 7) is 3.35. The number of fused-ring (bicyclic) bond motifs is 2. The highest BCUT2D eigenvalue weighted by Crippen LogP contribution is 2.28. The number of anilines is 1. The van der Waals surface area contributed by atoms with Crippen molar-refractivity contribution in [2.24, 2.45) is 5.84 Å². The van der Waals surface area contributed by atoms with Crippen LogP contribution in [0.15, 0.2) is 18.2 Å². The Bertz CT molecular complexity index is 491. The van der Waals surface area contributed by atoms with Gasteiger partial charge in [-0.15, -0.1) is 0 Å². The van der Waals surface area contributed by atoms with Gasteiger partial charge in [-0.3, -0.25) is 10.6 Å². The van der Waals surface area contributed by atoms with Gasteiger partial charge in [0.2, 0.25) is 0 Å². The Balaban J connectivity index is 1.85. The molecule has 2 heterocycles. The van der Waals surface area contributed by atoms with Crippen molar-refractivity contribution in [3.63, 3.8) is 0 Å². The molecule has 2 fully saturated rings. The first kappa shape index (κ1) is 12.4. The molecule has 2 bridgehead atoms. The number of hydrogen-bond donors (Lipinski definition) is 2. The second kappa shape index (κ2) is 4.83. The van der Waals surface area contributed by atoms with Crippen LogP contribution in [0.3, 0.4) is 0 Å². The zero-order chi connectivity index (χ0) is 13.4. The molecular weight excluding hydrogens is 242 g/mol. The number of nitrogens with zero attached hydrogens (tertiary/aromatic N) is 1. The maximum Gasteiger partial charge on any atom is 0.256 e. The normalized spacial score (nSPS) is 25.5. The quantitative estimate of drug-likeness (QED) is 0.621. The second-order valence-corrected chi connectivity index (χ2v) is 5.36. The lowest BCUT2D eigenvalue weighted by atomic mass is 10.1. The van der Waals surface area contributed by atoms with E-state index < -0.39 is 0 Å². The zero-order valence-electron chi connectivity index (χ0n) is 11.1. The third kappa shape index (κ3) is 2.31. The Morgan fingerprint density at radius 1 is 1.37 bits per heavy atom. The predicted molar refractivity (Wildman–Crippen MR) is 72.8 cm³/mol. The number of carbonyl (C=O) groups excluding carboxylic acids is 1. The molecule has 2 aliphatic heterocycles. The standard InChI is InChI=1S/C14H19N3O2/c1-9-2-5-13(16-15)12(6-9)14(18)17-7-10-3-4-11(8-17)19-10/h2,5-6,10-11,16H,3-4,7-8,15H2,1H3. The topological polar surface area (TPSA) is 67.6 Å². The van der Waals surface area contributed by atoms with Gasteiger partial charge >= 0.3 is 0 Å². The Kier molecular flexibility index (Phi) is 3.16. The molecule has 2 aliphatic rings. The van der Waals surface area contributed by atoms with E-state index in [1.54, 1.807) is 0 Å². The summed E-state index contributed by atoms with van der Waals surface area (Å²) in [5.74, 6) is 5.53. The molecule has 19 heavy (non-hydrogen) atoms. The molecule has 1 aromatic carbocycles. The predicted octanol–water partition coefficient (Wildman–Crippen LogP) is 1.28. The van der Waals surface area contributed by atoms with Crippen LogP contribution in [0.4, 0.5) is 5.69 Å². The third-order valence-corrected chi connectivity index (χ3v) is 3.89. The van der Waals surface area contributed by atoms with Crippen LogP contribution in [0.5, 0.6) is 0 Å². The average molecular weight is 261 g/mol. The van der Waals surface area contributed by atoms with E-state index in [4.69, 9.17) is 10.6 Å². The van der Waals surface area contributed by atoms with E-state index in [0.29, 0.717) is 24.3 Å². The number of carbonyl (C=O) groups is 1. The number of amides is 1. The van der Waals surface area contributed by atoms with Crippen LogP contribution in [0.1, 0.15) is 28.8 Å². The molecule has 0 spiro atoms. The minimum atomic E-state index is 0.0388. The first-order valence-electron chi connectivity index (χ1n) is 6.69. The van der Waals surface area contributed by atoms with E-state index in [9.17, 15) is 4.79 Å². The van der Waals surface area contributed by atoms with Gasteiger partial charge in [-0.1, -0.05) is 11.6 Å². The number of morpholine rings is 1. The van der Waals surface area contributed by atoms with Crippen molar-refractivity contribution in [2.75, 3.05) is 18.5 Å². The van der Waals surface area contributed by atoms with E-state index in [-0.39, 0.29) is 18.1 Å². The minimum Gasteiger partial charge on any atom is -0.371 e. The Labute approximate surface area is 112 Å². The van der Waals surface area contributed by atoms with Crippen molar-refractivity contribution in [2.45, 2.75) is 32.0 Å². The van der Waals surface area contributed by atoms with E-state index in [1.165, 1.54) is 0 Å². The largest absolute Gasteiger partial charge is 0.371 e. The van der Waals surface area contributed by atoms with E-state index in [1.807, 2.05) is 30.0 Å². The number of likely N-dealkylation sites (tertiary alicyclic amines) is 1. The van der Waals surface area contributed by atoms with Crippen LogP contribution in [0.2, 0.25) is 0 Å². The van der Waals surface area contributed by atoms with E-state index in [0.717, 1.165) is 18.4 Å². The number of nitrogens with one attached hydrogen (secondary N) is 1. The molecule has 3 N–H and O–H groups in total. The maximum absolute atomic E-state index is 12.6. The molecule has 0 aromatic heterocycles. The van der Waals surface area contributed by atoms with E-state index in [2.05, 4.69) is 5.43 Å². The number of rotatable bonds is 2. The second-order valence-electron chi connectivity index (χ2n) is 5.36. The molecule has 0 saturated carbocycles. The monoisotopic (exact) mass is 261 g/mol. The van der Waals surface area contributed by atoms with Crippen LogP contribution in [-0.2, 0) is 4.74 Å². The van der Waals surface area contributed by atoms with Gasteiger partial charge in [0.05, 0.1) is 23.5 Å². The van der Waals surface area contributed by atoms with Gasteiger partial charge in [0.15, 0.2) is 0 Å². The fourth-order valence-electron chi connectivity index (χ4n) is 2.91. The molecule has 2 atom stereocenters. The molecule has 2 saturated heterocycles. The lowest BCUT2D eigenvalue weighted by molar-refractivity contribution is -0.0303. The summed E-state index contributed by atoms with van der Waals surface area (Å²) in [5, 5.41) is 0. The third-order valence-electron chi connectivity index (χ3n) is 3.89. The minimum absolute atomic E-state index is 0.0388. The number of benzene rings is 1. The summed E-state index contributed by atoms with van der Waals surface area (Å²) < 4.78 is 5.76.